The predicted molar refractivity (Wildman–Crippen MR) is 116 cm³/mol. The van der Waals surface area contributed by atoms with Crippen molar-refractivity contribution in [2.75, 3.05) is 0 Å². The fourth-order valence-corrected chi connectivity index (χ4v) is 3.40. The Labute approximate surface area is 172 Å². The molecule has 0 aliphatic carbocycles. The number of ketones is 1. The van der Waals surface area contributed by atoms with Crippen molar-refractivity contribution in [3.05, 3.63) is 35.9 Å². The number of hydrogen-bond donors (Lipinski definition) is 0. The van der Waals surface area contributed by atoms with E-state index in [-0.39, 0.29) is 5.97 Å². The summed E-state index contributed by atoms with van der Waals surface area (Å²) in [5, 5.41) is 0. The summed E-state index contributed by atoms with van der Waals surface area (Å²) in [6, 6.07) is 9.84. The van der Waals surface area contributed by atoms with Gasteiger partial charge in [-0.1, -0.05) is 101 Å². The first-order valence-electron chi connectivity index (χ1n) is 11.4. The SMILES string of the molecule is CC(=O)CCCCCCCCCCCCCCCC(=O)OCc1ccccc1. The Morgan fingerprint density at radius 2 is 1.07 bits per heavy atom. The molecule has 0 spiro atoms. The first-order valence-corrected chi connectivity index (χ1v) is 11.4. The molecule has 0 aliphatic rings. The molecule has 0 radical (unpaired) electrons. The number of ether oxygens (including phenoxy) is 1. The molecule has 3 heteroatoms. The standard InChI is InChI=1S/C25H40O3/c1-23(26)18-14-11-9-7-5-3-2-4-6-8-10-12-17-21-25(27)28-22-24-19-15-13-16-20-24/h13,15-16,19-20H,2-12,14,17-18,21-22H2,1H3. The smallest absolute Gasteiger partial charge is 0.306 e. The van der Waals surface area contributed by atoms with Gasteiger partial charge in [-0.25, -0.2) is 0 Å². The monoisotopic (exact) mass is 388 g/mol. The molecule has 1 aromatic rings. The van der Waals surface area contributed by atoms with Crippen LogP contribution in [0.5, 0.6) is 0 Å². The molecule has 1 rings (SSSR count). The average molecular weight is 389 g/mol. The summed E-state index contributed by atoms with van der Waals surface area (Å²) in [5.41, 5.74) is 1.05. The van der Waals surface area contributed by atoms with E-state index in [0.717, 1.165) is 31.2 Å². The van der Waals surface area contributed by atoms with Gasteiger partial charge in [0.15, 0.2) is 0 Å². The minimum atomic E-state index is -0.0786. The quantitative estimate of drug-likeness (QED) is 0.198. The maximum atomic E-state index is 11.7. The van der Waals surface area contributed by atoms with Gasteiger partial charge in [0, 0.05) is 12.8 Å². The van der Waals surface area contributed by atoms with Gasteiger partial charge in [0.05, 0.1) is 0 Å². The number of esters is 1. The fraction of sp³-hybridized carbons (Fsp3) is 0.680. The highest BCUT2D eigenvalue weighted by Crippen LogP contribution is 2.13. The molecular formula is C25H40O3. The first-order chi connectivity index (χ1) is 13.7. The molecule has 0 saturated carbocycles. The minimum absolute atomic E-state index is 0.0786. The van der Waals surface area contributed by atoms with Crippen LogP contribution in [0.25, 0.3) is 0 Å². The molecule has 0 bridgehead atoms. The van der Waals surface area contributed by atoms with E-state index in [1.807, 2.05) is 30.3 Å². The van der Waals surface area contributed by atoms with Crippen LogP contribution in [-0.4, -0.2) is 11.8 Å². The number of unbranched alkanes of at least 4 members (excludes halogenated alkanes) is 12. The van der Waals surface area contributed by atoms with E-state index in [9.17, 15) is 9.59 Å². The summed E-state index contributed by atoms with van der Waals surface area (Å²) < 4.78 is 5.30. The van der Waals surface area contributed by atoms with Gasteiger partial charge < -0.3 is 9.53 Å². The molecule has 0 atom stereocenters. The fourth-order valence-electron chi connectivity index (χ4n) is 3.40. The maximum absolute atomic E-state index is 11.7. The van der Waals surface area contributed by atoms with Crippen molar-refractivity contribution in [2.45, 2.75) is 110 Å². The number of carbonyl (C=O) groups is 2. The average Bonchev–Trinajstić information content (AvgIpc) is 2.70. The highest BCUT2D eigenvalue weighted by atomic mass is 16.5. The van der Waals surface area contributed by atoms with Gasteiger partial charge in [-0.2, -0.15) is 0 Å². The van der Waals surface area contributed by atoms with Gasteiger partial charge in [0.25, 0.3) is 0 Å². The summed E-state index contributed by atoms with van der Waals surface area (Å²) in [5.74, 6) is 0.244. The van der Waals surface area contributed by atoms with Crippen LogP contribution >= 0.6 is 0 Å². The van der Waals surface area contributed by atoms with E-state index in [4.69, 9.17) is 4.74 Å². The minimum Gasteiger partial charge on any atom is -0.461 e. The van der Waals surface area contributed by atoms with E-state index < -0.39 is 0 Å². The summed E-state index contributed by atoms with van der Waals surface area (Å²) in [6.07, 6.45) is 17.4. The lowest BCUT2D eigenvalue weighted by Gasteiger charge is -2.05. The van der Waals surface area contributed by atoms with Crippen molar-refractivity contribution in [3.63, 3.8) is 0 Å². The molecule has 0 aliphatic heterocycles. The van der Waals surface area contributed by atoms with E-state index >= 15 is 0 Å². The Morgan fingerprint density at radius 3 is 1.54 bits per heavy atom. The van der Waals surface area contributed by atoms with E-state index in [0.29, 0.717) is 18.8 Å². The van der Waals surface area contributed by atoms with Crippen LogP contribution in [-0.2, 0) is 20.9 Å². The Kier molecular flexibility index (Phi) is 15.2. The first kappa shape index (κ1) is 24.4. The number of rotatable bonds is 18. The van der Waals surface area contributed by atoms with Crippen LogP contribution in [0.1, 0.15) is 109 Å². The highest BCUT2D eigenvalue weighted by molar-refractivity contribution is 5.75. The molecule has 28 heavy (non-hydrogen) atoms. The molecule has 0 aromatic heterocycles. The molecule has 0 N–H and O–H groups in total. The van der Waals surface area contributed by atoms with Crippen LogP contribution in [0.4, 0.5) is 0 Å². The van der Waals surface area contributed by atoms with Crippen LogP contribution in [0.15, 0.2) is 30.3 Å². The van der Waals surface area contributed by atoms with Gasteiger partial charge in [0.1, 0.15) is 12.4 Å². The summed E-state index contributed by atoms with van der Waals surface area (Å²) in [7, 11) is 0. The maximum Gasteiger partial charge on any atom is 0.306 e. The molecule has 0 amide bonds. The second-order valence-corrected chi connectivity index (χ2v) is 7.94. The zero-order valence-electron chi connectivity index (χ0n) is 17.9. The molecule has 3 nitrogen and oxygen atoms in total. The number of Topliss-reactive ketones (excluding diaryl/α,β-unsaturated/α-hetero) is 1. The van der Waals surface area contributed by atoms with Gasteiger partial charge in [-0.05, 0) is 25.3 Å². The van der Waals surface area contributed by atoms with Crippen LogP contribution in [0, 0.1) is 0 Å². The zero-order chi connectivity index (χ0) is 20.3. The van der Waals surface area contributed by atoms with Crippen molar-refractivity contribution < 1.29 is 14.3 Å². The molecule has 1 aromatic carbocycles. The van der Waals surface area contributed by atoms with Crippen LogP contribution in [0.2, 0.25) is 0 Å². The zero-order valence-corrected chi connectivity index (χ0v) is 17.9. The van der Waals surface area contributed by atoms with Crippen molar-refractivity contribution in [2.24, 2.45) is 0 Å². The lowest BCUT2D eigenvalue weighted by atomic mass is 10.0. The molecule has 0 heterocycles. The second-order valence-electron chi connectivity index (χ2n) is 7.94. The molecule has 0 saturated heterocycles. The van der Waals surface area contributed by atoms with Gasteiger partial charge in [-0.3, -0.25) is 4.79 Å². The number of hydrogen-bond acceptors (Lipinski definition) is 3. The number of benzene rings is 1. The van der Waals surface area contributed by atoms with Gasteiger partial charge >= 0.3 is 5.97 Å². The van der Waals surface area contributed by atoms with Crippen LogP contribution < -0.4 is 0 Å². The van der Waals surface area contributed by atoms with Crippen molar-refractivity contribution >= 4 is 11.8 Å². The molecule has 0 unspecified atom stereocenters. The topological polar surface area (TPSA) is 43.4 Å². The van der Waals surface area contributed by atoms with Gasteiger partial charge in [-0.15, -0.1) is 0 Å². The van der Waals surface area contributed by atoms with Crippen molar-refractivity contribution in [3.8, 4) is 0 Å². The Hall–Kier alpha value is -1.64. The molecule has 0 fully saturated rings. The van der Waals surface area contributed by atoms with Crippen molar-refractivity contribution in [1.29, 1.82) is 0 Å². The Morgan fingerprint density at radius 1 is 0.643 bits per heavy atom. The van der Waals surface area contributed by atoms with Crippen LogP contribution in [0.3, 0.4) is 0 Å². The lowest BCUT2D eigenvalue weighted by Crippen LogP contribution is -2.04. The largest absolute Gasteiger partial charge is 0.461 e. The van der Waals surface area contributed by atoms with Gasteiger partial charge in [0.2, 0.25) is 0 Å². The van der Waals surface area contributed by atoms with Crippen molar-refractivity contribution in [1.82, 2.24) is 0 Å². The third-order valence-corrected chi connectivity index (χ3v) is 5.15. The normalized spacial score (nSPS) is 10.8. The number of carbonyl (C=O) groups excluding carboxylic acids is 2. The second kappa shape index (κ2) is 17.5. The Bertz CT molecular complexity index is 510. The van der Waals surface area contributed by atoms with E-state index in [2.05, 4.69) is 0 Å². The van der Waals surface area contributed by atoms with E-state index in [1.54, 1.807) is 6.92 Å². The molecule has 158 valence electrons. The third-order valence-electron chi connectivity index (χ3n) is 5.15. The van der Waals surface area contributed by atoms with E-state index in [1.165, 1.54) is 64.2 Å². The lowest BCUT2D eigenvalue weighted by molar-refractivity contribution is -0.145. The third kappa shape index (κ3) is 15.4. The summed E-state index contributed by atoms with van der Waals surface area (Å²) in [6.45, 7) is 2.07. The summed E-state index contributed by atoms with van der Waals surface area (Å²) >= 11 is 0. The molecular weight excluding hydrogens is 348 g/mol. The highest BCUT2D eigenvalue weighted by Gasteiger charge is 2.03. The Balaban J connectivity index is 1.77. The predicted octanol–water partition coefficient (Wildman–Crippen LogP) is 7.17. The summed E-state index contributed by atoms with van der Waals surface area (Å²) in [4.78, 5) is 22.6.